The zero-order valence-electron chi connectivity index (χ0n) is 2.74. The second-order valence-corrected chi connectivity index (χ2v) is 0. The fourth-order valence-corrected chi connectivity index (χ4v) is 0. The molecule has 0 rings (SSSR count). The van der Waals surface area contributed by atoms with E-state index in [-0.39, 0.29) is 54.0 Å². The van der Waals surface area contributed by atoms with Gasteiger partial charge in [0.15, 0.2) is 0 Å². The van der Waals surface area contributed by atoms with Gasteiger partial charge in [0, 0.05) is 0 Å². The zero-order chi connectivity index (χ0) is 2.00. The molecule has 0 saturated carbocycles. The van der Waals surface area contributed by atoms with Crippen LogP contribution in [0.15, 0.2) is 0 Å². The normalized spacial score (nSPS) is 0.833. The summed E-state index contributed by atoms with van der Waals surface area (Å²) in [6, 6.07) is 0. The van der Waals surface area contributed by atoms with Crippen molar-refractivity contribution in [2.45, 2.75) is 0 Å². The van der Waals surface area contributed by atoms with Crippen LogP contribution < -0.4 is 0 Å². The monoisotopic (exact) mass is 211 g/mol. The molecule has 0 aliphatic heterocycles. The van der Waals surface area contributed by atoms with Crippen LogP contribution in [0.3, 0.4) is 0 Å². The average Bonchev–Trinajstić information content (AvgIpc) is 1.00. The van der Waals surface area contributed by atoms with E-state index in [1.54, 1.807) is 0 Å². The number of hydrogen-bond acceptors (Lipinski definition) is 1. The molecule has 0 bridgehead atoms. The van der Waals surface area contributed by atoms with Gasteiger partial charge in [-0.15, -0.1) is 0 Å². The summed E-state index contributed by atoms with van der Waals surface area (Å²) in [5.41, 5.74) is 0. The van der Waals surface area contributed by atoms with Gasteiger partial charge in [0.2, 0.25) is 0 Å². The van der Waals surface area contributed by atoms with Crippen molar-refractivity contribution in [1.29, 1.82) is 0 Å². The second kappa shape index (κ2) is 75.0. The first-order chi connectivity index (χ1) is 1.00. The van der Waals surface area contributed by atoms with Gasteiger partial charge >= 0.3 is 19.5 Å². The van der Waals surface area contributed by atoms with Crippen LogP contribution in [0.1, 0.15) is 0 Å². The van der Waals surface area contributed by atoms with Crippen molar-refractivity contribution in [3.05, 3.63) is 0 Å². The van der Waals surface area contributed by atoms with E-state index in [2.05, 4.69) is 15.7 Å². The topological polar surface area (TPSA) is 17.1 Å². The molecule has 0 atom stereocenters. The first-order valence-electron chi connectivity index (χ1n) is 0.136. The van der Waals surface area contributed by atoms with Gasteiger partial charge in [-0.1, -0.05) is 0 Å². The third-order valence-corrected chi connectivity index (χ3v) is 0. The van der Waals surface area contributed by atoms with Crippen molar-refractivity contribution in [3.63, 3.8) is 0 Å². The Labute approximate surface area is 73.2 Å². The van der Waals surface area contributed by atoms with Gasteiger partial charge in [-0.3, -0.25) is 0 Å². The Hall–Kier alpha value is 1.71. The fourth-order valence-electron chi connectivity index (χ4n) is 0. The molecular weight excluding hydrogens is 203 g/mol. The van der Waals surface area contributed by atoms with Crippen LogP contribution in [-0.4, -0.2) is 0 Å². The van der Waals surface area contributed by atoms with Crippen LogP contribution in [0.2, 0.25) is 0 Å². The maximum absolute atomic E-state index is 7.94. The van der Waals surface area contributed by atoms with Crippen LogP contribution in [0.4, 0.5) is 0 Å². The maximum atomic E-state index is 7.94. The number of rotatable bonds is 0. The van der Waals surface area contributed by atoms with Crippen molar-refractivity contribution in [2.24, 2.45) is 0 Å². The summed E-state index contributed by atoms with van der Waals surface area (Å²) in [6.45, 7) is 0. The van der Waals surface area contributed by atoms with Crippen molar-refractivity contribution in [3.8, 4) is 0 Å². The SMILES string of the molecule is S.S.S.S.[O]=[Co]. The van der Waals surface area contributed by atoms with E-state index < -0.39 is 0 Å². The molecule has 0 unspecified atom stereocenters. The van der Waals surface area contributed by atoms with Crippen LogP contribution in [0.5, 0.6) is 0 Å². The van der Waals surface area contributed by atoms with Gasteiger partial charge in [-0.05, 0) is 0 Å². The van der Waals surface area contributed by atoms with Gasteiger partial charge in [0.1, 0.15) is 0 Å². The Morgan fingerprint density at radius 2 is 0.667 bits per heavy atom. The van der Waals surface area contributed by atoms with Crippen LogP contribution in [-0.2, 0) is 19.5 Å². The summed E-state index contributed by atoms with van der Waals surface area (Å²) < 4.78 is 7.94. The third kappa shape index (κ3) is 43.4. The molecule has 0 heterocycles. The van der Waals surface area contributed by atoms with Crippen molar-refractivity contribution in [2.75, 3.05) is 0 Å². The molecule has 0 aromatic heterocycles. The summed E-state index contributed by atoms with van der Waals surface area (Å²) in [6.07, 6.45) is 0. The Morgan fingerprint density at radius 1 is 0.667 bits per heavy atom. The summed E-state index contributed by atoms with van der Waals surface area (Å²) in [5.74, 6) is 0. The van der Waals surface area contributed by atoms with Crippen LogP contribution in [0, 0.1) is 0 Å². The van der Waals surface area contributed by atoms with E-state index >= 15 is 0 Å². The van der Waals surface area contributed by atoms with Crippen LogP contribution >= 0.6 is 54.0 Å². The molecule has 0 aromatic carbocycles. The molecule has 47 valence electrons. The summed E-state index contributed by atoms with van der Waals surface area (Å²) in [5, 5.41) is 0. The predicted molar refractivity (Wildman–Crippen MR) is 42.2 cm³/mol. The van der Waals surface area contributed by atoms with E-state index in [1.165, 1.54) is 0 Å². The molecule has 6 heteroatoms. The summed E-state index contributed by atoms with van der Waals surface area (Å²) in [4.78, 5) is 0. The molecule has 0 radical (unpaired) electrons. The molecule has 0 saturated heterocycles. The molecule has 0 amide bonds. The molecule has 0 spiro atoms. The number of hydrogen-bond donors (Lipinski definition) is 0. The Kier molecular flexibility index (Phi) is 591. The molecule has 1 nitrogen and oxygen atoms in total. The minimum atomic E-state index is 0. The molecule has 0 aromatic rings. The van der Waals surface area contributed by atoms with Gasteiger partial charge in [-0.25, -0.2) is 0 Å². The third-order valence-electron chi connectivity index (χ3n) is 0. The Balaban J connectivity index is -0.000000000833. The fraction of sp³-hybridized carbons (Fsp3) is 0. The van der Waals surface area contributed by atoms with E-state index in [0.29, 0.717) is 0 Å². The molecular formula is H8CoOS4. The standard InChI is InChI=1S/Co.O.4H2S/h;;4*1H2. The van der Waals surface area contributed by atoms with Crippen LogP contribution in [0.25, 0.3) is 0 Å². The van der Waals surface area contributed by atoms with Crippen molar-refractivity contribution < 1.29 is 19.5 Å². The van der Waals surface area contributed by atoms with Gasteiger partial charge in [0.25, 0.3) is 0 Å². The zero-order valence-corrected chi connectivity index (χ0v) is 7.78. The molecule has 0 aliphatic rings. The molecule has 0 N–H and O–H groups in total. The molecule has 0 fully saturated rings. The van der Waals surface area contributed by atoms with Crippen molar-refractivity contribution >= 4 is 54.0 Å². The quantitative estimate of drug-likeness (QED) is 0.564. The first kappa shape index (κ1) is 47.3. The minimum absolute atomic E-state index is 0. The van der Waals surface area contributed by atoms with Gasteiger partial charge < -0.3 is 0 Å². The Morgan fingerprint density at radius 3 is 0.667 bits per heavy atom. The predicted octanol–water partition coefficient (Wildman–Crippen LogP) is 0.330. The van der Waals surface area contributed by atoms with Gasteiger partial charge in [0.05, 0.1) is 0 Å². The Bertz CT molecular complexity index is 7.51. The summed E-state index contributed by atoms with van der Waals surface area (Å²) >= 11 is 2.31. The van der Waals surface area contributed by atoms with E-state index in [9.17, 15) is 0 Å². The molecule has 0 aliphatic carbocycles. The van der Waals surface area contributed by atoms with E-state index in [0.717, 1.165) is 0 Å². The van der Waals surface area contributed by atoms with E-state index in [4.69, 9.17) is 3.87 Å². The molecule has 6 heavy (non-hydrogen) atoms. The first-order valence-corrected chi connectivity index (χ1v) is 0.561. The summed E-state index contributed by atoms with van der Waals surface area (Å²) in [7, 11) is 0. The van der Waals surface area contributed by atoms with Gasteiger partial charge in [-0.2, -0.15) is 54.0 Å². The second-order valence-electron chi connectivity index (χ2n) is 0. The average molecular weight is 211 g/mol. The van der Waals surface area contributed by atoms with Crippen molar-refractivity contribution in [1.82, 2.24) is 0 Å². The van der Waals surface area contributed by atoms with E-state index in [1.807, 2.05) is 0 Å².